The molecule has 0 spiro atoms. The topological polar surface area (TPSA) is 66.4 Å². The van der Waals surface area contributed by atoms with E-state index in [4.69, 9.17) is 5.11 Å². The van der Waals surface area contributed by atoms with Crippen molar-refractivity contribution in [3.05, 3.63) is 29.3 Å². The van der Waals surface area contributed by atoms with Gasteiger partial charge in [0.2, 0.25) is 5.91 Å². The fourth-order valence-corrected chi connectivity index (χ4v) is 2.01. The molecule has 0 radical (unpaired) electrons. The third-order valence-corrected chi connectivity index (χ3v) is 3.42. The lowest BCUT2D eigenvalue weighted by Gasteiger charge is -2.10. The van der Waals surface area contributed by atoms with Crippen LogP contribution in [0.2, 0.25) is 0 Å². The first-order valence-corrected chi connectivity index (χ1v) is 7.08. The van der Waals surface area contributed by atoms with Crippen molar-refractivity contribution in [3.63, 3.8) is 0 Å². The molecular weight excluding hydrogens is 254 g/mol. The van der Waals surface area contributed by atoms with Gasteiger partial charge in [0.05, 0.1) is 0 Å². The van der Waals surface area contributed by atoms with Crippen molar-refractivity contribution in [2.24, 2.45) is 0 Å². The molecule has 2 N–H and O–H groups in total. The van der Waals surface area contributed by atoms with Gasteiger partial charge in [0.25, 0.3) is 0 Å². The van der Waals surface area contributed by atoms with Gasteiger partial charge in [0, 0.05) is 18.5 Å². The number of unbranched alkanes of at least 4 members (excludes halogenated alkanes) is 3. The Morgan fingerprint density at radius 2 is 1.70 bits per heavy atom. The van der Waals surface area contributed by atoms with Gasteiger partial charge in [-0.05, 0) is 43.9 Å². The molecule has 1 aromatic carbocycles. The third-order valence-electron chi connectivity index (χ3n) is 3.42. The molecule has 0 aliphatic carbocycles. The molecule has 0 aliphatic heterocycles. The van der Waals surface area contributed by atoms with Crippen LogP contribution in [0.5, 0.6) is 0 Å². The second-order valence-corrected chi connectivity index (χ2v) is 5.10. The molecule has 110 valence electrons. The highest BCUT2D eigenvalue weighted by molar-refractivity contribution is 5.91. The third kappa shape index (κ3) is 5.87. The summed E-state index contributed by atoms with van der Waals surface area (Å²) in [6.45, 7) is 4.02. The van der Waals surface area contributed by atoms with Crippen LogP contribution in [0.4, 0.5) is 5.69 Å². The minimum atomic E-state index is -0.752. The number of aryl methyl sites for hydroxylation is 1. The van der Waals surface area contributed by atoms with E-state index < -0.39 is 5.97 Å². The van der Waals surface area contributed by atoms with Gasteiger partial charge in [0.1, 0.15) is 0 Å². The zero-order valence-corrected chi connectivity index (χ0v) is 12.2. The van der Waals surface area contributed by atoms with Gasteiger partial charge in [-0.2, -0.15) is 0 Å². The van der Waals surface area contributed by atoms with Crippen LogP contribution in [0.3, 0.4) is 0 Å². The zero-order chi connectivity index (χ0) is 15.0. The van der Waals surface area contributed by atoms with Crippen molar-refractivity contribution in [2.45, 2.75) is 52.4 Å². The summed E-state index contributed by atoms with van der Waals surface area (Å²) in [7, 11) is 0. The van der Waals surface area contributed by atoms with Crippen molar-refractivity contribution in [1.82, 2.24) is 0 Å². The molecule has 0 unspecified atom stereocenters. The number of hydrogen-bond donors (Lipinski definition) is 2. The summed E-state index contributed by atoms with van der Waals surface area (Å²) >= 11 is 0. The maximum Gasteiger partial charge on any atom is 0.303 e. The molecule has 0 saturated heterocycles. The summed E-state index contributed by atoms with van der Waals surface area (Å²) in [6.07, 6.45) is 3.95. The van der Waals surface area contributed by atoms with E-state index in [0.29, 0.717) is 12.8 Å². The minimum absolute atomic E-state index is 0.0249. The first-order valence-electron chi connectivity index (χ1n) is 7.08. The number of amides is 1. The number of carbonyl (C=O) groups is 2. The van der Waals surface area contributed by atoms with Crippen LogP contribution in [-0.2, 0) is 9.59 Å². The number of rotatable bonds is 8. The molecule has 1 aromatic rings. The number of benzene rings is 1. The van der Waals surface area contributed by atoms with Crippen molar-refractivity contribution < 1.29 is 14.7 Å². The summed E-state index contributed by atoms with van der Waals surface area (Å²) in [5.74, 6) is -0.727. The average Bonchev–Trinajstić information content (AvgIpc) is 2.39. The highest BCUT2D eigenvalue weighted by atomic mass is 16.4. The van der Waals surface area contributed by atoms with Gasteiger partial charge in [-0.25, -0.2) is 0 Å². The van der Waals surface area contributed by atoms with E-state index >= 15 is 0 Å². The van der Waals surface area contributed by atoms with Crippen LogP contribution in [0.25, 0.3) is 0 Å². The summed E-state index contributed by atoms with van der Waals surface area (Å²) in [4.78, 5) is 22.2. The molecular formula is C16H23NO3. The Morgan fingerprint density at radius 1 is 1.05 bits per heavy atom. The monoisotopic (exact) mass is 277 g/mol. The molecule has 4 heteroatoms. The van der Waals surface area contributed by atoms with Crippen LogP contribution < -0.4 is 5.32 Å². The number of carboxylic acid groups (broad SMARTS) is 1. The van der Waals surface area contributed by atoms with E-state index in [1.165, 1.54) is 0 Å². The Kier molecular flexibility index (Phi) is 6.77. The van der Waals surface area contributed by atoms with E-state index in [2.05, 4.69) is 5.32 Å². The molecule has 0 bridgehead atoms. The zero-order valence-electron chi connectivity index (χ0n) is 12.2. The van der Waals surface area contributed by atoms with Gasteiger partial charge < -0.3 is 10.4 Å². The van der Waals surface area contributed by atoms with Crippen molar-refractivity contribution >= 4 is 17.6 Å². The Bertz CT molecular complexity index is 469. The fourth-order valence-electron chi connectivity index (χ4n) is 2.01. The van der Waals surface area contributed by atoms with E-state index in [-0.39, 0.29) is 12.3 Å². The van der Waals surface area contributed by atoms with Crippen LogP contribution in [0.15, 0.2) is 18.2 Å². The summed E-state index contributed by atoms with van der Waals surface area (Å²) in [5.41, 5.74) is 3.14. The van der Waals surface area contributed by atoms with E-state index in [1.807, 2.05) is 32.0 Å². The molecule has 0 saturated carbocycles. The summed E-state index contributed by atoms with van der Waals surface area (Å²) in [5, 5.41) is 11.4. The predicted molar refractivity (Wildman–Crippen MR) is 79.9 cm³/mol. The lowest BCUT2D eigenvalue weighted by molar-refractivity contribution is -0.137. The number of carbonyl (C=O) groups excluding carboxylic acids is 1. The van der Waals surface area contributed by atoms with Crippen LogP contribution >= 0.6 is 0 Å². The van der Waals surface area contributed by atoms with Crippen molar-refractivity contribution in [1.29, 1.82) is 0 Å². The molecule has 0 aliphatic rings. The maximum absolute atomic E-state index is 11.8. The molecule has 0 atom stereocenters. The molecule has 0 heterocycles. The Morgan fingerprint density at radius 3 is 2.35 bits per heavy atom. The molecule has 1 amide bonds. The summed E-state index contributed by atoms with van der Waals surface area (Å²) < 4.78 is 0. The number of aliphatic carboxylic acids is 1. The van der Waals surface area contributed by atoms with Gasteiger partial charge in [-0.1, -0.05) is 25.0 Å². The molecule has 0 aromatic heterocycles. The second kappa shape index (κ2) is 8.35. The Balaban J connectivity index is 2.24. The Labute approximate surface area is 120 Å². The highest BCUT2D eigenvalue weighted by Gasteiger charge is 2.05. The van der Waals surface area contributed by atoms with Crippen molar-refractivity contribution in [3.8, 4) is 0 Å². The Hall–Kier alpha value is -1.84. The first kappa shape index (κ1) is 16.2. The maximum atomic E-state index is 11.8. The quantitative estimate of drug-likeness (QED) is 0.712. The highest BCUT2D eigenvalue weighted by Crippen LogP contribution is 2.18. The normalized spacial score (nSPS) is 10.3. The second-order valence-electron chi connectivity index (χ2n) is 5.10. The fraction of sp³-hybridized carbons (Fsp3) is 0.500. The number of hydrogen-bond acceptors (Lipinski definition) is 2. The van der Waals surface area contributed by atoms with Crippen molar-refractivity contribution in [2.75, 3.05) is 5.32 Å². The standard InChI is InChI=1S/C16H23NO3/c1-12-8-7-9-14(13(12)2)17-15(18)10-5-3-4-6-11-16(19)20/h7-9H,3-6,10-11H2,1-2H3,(H,17,18)(H,19,20). The van der Waals surface area contributed by atoms with Crippen LogP contribution in [0, 0.1) is 13.8 Å². The average molecular weight is 277 g/mol. The lowest BCUT2D eigenvalue weighted by Crippen LogP contribution is -2.12. The lowest BCUT2D eigenvalue weighted by atomic mass is 10.1. The molecule has 0 fully saturated rings. The largest absolute Gasteiger partial charge is 0.481 e. The van der Waals surface area contributed by atoms with E-state index in [0.717, 1.165) is 36.1 Å². The number of nitrogens with one attached hydrogen (secondary N) is 1. The first-order chi connectivity index (χ1) is 9.50. The molecule has 1 rings (SSSR count). The SMILES string of the molecule is Cc1cccc(NC(=O)CCCCCCC(=O)O)c1C. The van der Waals surface area contributed by atoms with Gasteiger partial charge >= 0.3 is 5.97 Å². The van der Waals surface area contributed by atoms with Crippen LogP contribution in [0.1, 0.15) is 49.7 Å². The smallest absolute Gasteiger partial charge is 0.303 e. The van der Waals surface area contributed by atoms with Gasteiger partial charge in [-0.15, -0.1) is 0 Å². The molecule has 4 nitrogen and oxygen atoms in total. The number of anilines is 1. The predicted octanol–water partition coefficient (Wildman–Crippen LogP) is 3.67. The van der Waals surface area contributed by atoms with E-state index in [1.54, 1.807) is 0 Å². The minimum Gasteiger partial charge on any atom is -0.481 e. The van der Waals surface area contributed by atoms with Crippen LogP contribution in [-0.4, -0.2) is 17.0 Å². The van der Waals surface area contributed by atoms with Gasteiger partial charge in [0.15, 0.2) is 0 Å². The summed E-state index contributed by atoms with van der Waals surface area (Å²) in [6, 6.07) is 5.87. The van der Waals surface area contributed by atoms with Gasteiger partial charge in [-0.3, -0.25) is 9.59 Å². The molecule has 20 heavy (non-hydrogen) atoms. The number of carboxylic acids is 1. The van der Waals surface area contributed by atoms with E-state index in [9.17, 15) is 9.59 Å².